The van der Waals surface area contributed by atoms with Gasteiger partial charge in [-0.05, 0) is 237 Å². The van der Waals surface area contributed by atoms with Crippen molar-refractivity contribution in [1.82, 2.24) is 0 Å². The Balaban J connectivity index is 0.000000111. The van der Waals surface area contributed by atoms with Crippen LogP contribution >= 0.6 is 0 Å². The van der Waals surface area contributed by atoms with Gasteiger partial charge in [0.05, 0.1) is 0 Å². The van der Waals surface area contributed by atoms with Gasteiger partial charge >= 0.3 is 0 Å². The molecular weight excluding hydrogens is 1520 g/mol. The van der Waals surface area contributed by atoms with Crippen molar-refractivity contribution in [1.29, 1.82) is 0 Å². The molecule has 0 heterocycles. The lowest BCUT2D eigenvalue weighted by atomic mass is 9.83. The number of benzene rings is 22. The molecule has 0 amide bonds. The Morgan fingerprint density at radius 3 is 0.841 bits per heavy atom. The van der Waals surface area contributed by atoms with E-state index < -0.39 is 0 Å². The third kappa shape index (κ3) is 16.5. The molecule has 0 bridgehead atoms. The molecule has 0 spiro atoms. The second-order valence-corrected chi connectivity index (χ2v) is 34.1. The van der Waals surface area contributed by atoms with Crippen LogP contribution in [0.5, 0.6) is 0 Å². The Kier molecular flexibility index (Phi) is 22.9. The first-order valence-electron chi connectivity index (χ1n) is 44.3. The van der Waals surface area contributed by atoms with Crippen LogP contribution in [0.25, 0.3) is 108 Å². The van der Waals surface area contributed by atoms with E-state index in [1.165, 1.54) is 174 Å². The first-order chi connectivity index (χ1) is 61.8. The fourth-order valence-corrected chi connectivity index (χ4v) is 19.1. The van der Waals surface area contributed by atoms with Gasteiger partial charge in [-0.1, -0.05) is 396 Å². The lowest BCUT2D eigenvalue weighted by molar-refractivity contribution is 0.933. The summed E-state index contributed by atoms with van der Waals surface area (Å²) in [4.78, 5) is 0. The highest BCUT2D eigenvalue weighted by atomic mass is 14.9. The molecule has 4 unspecified atom stereocenters. The van der Waals surface area contributed by atoms with E-state index in [9.17, 15) is 0 Å². The zero-order valence-corrected chi connectivity index (χ0v) is 72.7. The second kappa shape index (κ2) is 35.8. The van der Waals surface area contributed by atoms with E-state index in [1.807, 2.05) is 0 Å². The fourth-order valence-electron chi connectivity index (χ4n) is 19.1. The van der Waals surface area contributed by atoms with E-state index in [-0.39, 0.29) is 11.8 Å². The van der Waals surface area contributed by atoms with Crippen molar-refractivity contribution in [2.45, 2.75) is 79.1 Å². The van der Waals surface area contributed by atoms with Crippen LogP contribution in [0.4, 0.5) is 45.5 Å². The van der Waals surface area contributed by atoms with Crippen molar-refractivity contribution in [3.63, 3.8) is 0 Å². The van der Waals surface area contributed by atoms with Gasteiger partial charge in [-0.25, -0.2) is 0 Å². The summed E-state index contributed by atoms with van der Waals surface area (Å²) in [5, 5.41) is 40.6. The predicted molar refractivity (Wildman–Crippen MR) is 546 cm³/mol. The third-order valence-electron chi connectivity index (χ3n) is 25.9. The van der Waals surface area contributed by atoms with Gasteiger partial charge in [-0.15, -0.1) is 0 Å². The summed E-state index contributed by atoms with van der Waals surface area (Å²) in [5.74, 6) is 1.16. The number of hydrogen-bond acceptors (Lipinski definition) is 4. The molecule has 126 heavy (non-hydrogen) atoms. The molecule has 610 valence electrons. The van der Waals surface area contributed by atoms with Gasteiger partial charge in [-0.3, -0.25) is 0 Å². The van der Waals surface area contributed by atoms with E-state index in [4.69, 9.17) is 0 Å². The van der Waals surface area contributed by atoms with E-state index in [1.54, 1.807) is 0 Å². The molecule has 0 aliphatic carbocycles. The van der Waals surface area contributed by atoms with Crippen molar-refractivity contribution < 1.29 is 0 Å². The summed E-state index contributed by atoms with van der Waals surface area (Å²) in [5.41, 5.74) is 25.0. The summed E-state index contributed by atoms with van der Waals surface area (Å²) >= 11 is 0. The van der Waals surface area contributed by atoms with Gasteiger partial charge in [0.25, 0.3) is 0 Å². The predicted octanol–water partition coefficient (Wildman–Crippen LogP) is 34.5. The van der Waals surface area contributed by atoms with Crippen molar-refractivity contribution in [2.24, 2.45) is 0 Å². The highest BCUT2D eigenvalue weighted by molar-refractivity contribution is 6.24. The maximum absolute atomic E-state index is 3.64. The molecule has 0 saturated heterocycles. The number of hydrogen-bond donors (Lipinski definition) is 4. The zero-order valence-electron chi connectivity index (χ0n) is 72.7. The SMILES string of the molecule is Cc1ccc(Nc2ccc(C(C)c3c4ccccc4cc4ccccc34)c3ccccc23)cc1.Cc1ccc(Nc2ccc(C(C)c3ccc4ccc5cccc6ccc3c4c56)c3ccccc23)cc1.Cc1ccc(Nc2ccc(C(C)c3cccc4ccccc34)c3ccccc23)cc1.Cc1ccc(Nc2ccc(C(C)c3ccccc3)c3ccccc23)cc1. The minimum absolute atomic E-state index is 0.245. The minimum atomic E-state index is 0.245. The number of aryl methyl sites for hydroxylation is 4. The van der Waals surface area contributed by atoms with Crippen LogP contribution in [-0.2, 0) is 0 Å². The molecule has 0 saturated carbocycles. The average Bonchev–Trinajstić information content (AvgIpc) is 0.661. The summed E-state index contributed by atoms with van der Waals surface area (Å²) < 4.78 is 0. The Hall–Kier alpha value is -15.1. The summed E-state index contributed by atoms with van der Waals surface area (Å²) in [6.07, 6.45) is 0. The average molecular weight is 1620 g/mol. The maximum Gasteiger partial charge on any atom is 0.0464 e. The van der Waals surface area contributed by atoms with Crippen LogP contribution in [0.3, 0.4) is 0 Å². The van der Waals surface area contributed by atoms with Gasteiger partial charge < -0.3 is 21.3 Å². The fraction of sp³-hybridized carbons (Fsp3) is 0.0984. The van der Waals surface area contributed by atoms with Crippen molar-refractivity contribution in [3.05, 3.63) is 491 Å². The van der Waals surface area contributed by atoms with Gasteiger partial charge in [0.1, 0.15) is 0 Å². The summed E-state index contributed by atoms with van der Waals surface area (Å²) in [7, 11) is 0. The topological polar surface area (TPSA) is 48.1 Å². The van der Waals surface area contributed by atoms with E-state index in [2.05, 4.69) is 501 Å². The van der Waals surface area contributed by atoms with Crippen LogP contribution in [0.15, 0.2) is 425 Å². The molecular formula is C122H102N4. The number of anilines is 8. The smallest absolute Gasteiger partial charge is 0.0464 e. The monoisotopic (exact) mass is 1620 g/mol. The van der Waals surface area contributed by atoms with Gasteiger partial charge in [0, 0.05) is 90.7 Å². The lowest BCUT2D eigenvalue weighted by Gasteiger charge is -2.21. The molecule has 0 radical (unpaired) electrons. The lowest BCUT2D eigenvalue weighted by Crippen LogP contribution is -2.01. The quantitative estimate of drug-likeness (QED) is 0.0575. The first-order valence-corrected chi connectivity index (χ1v) is 44.3. The molecule has 4 atom stereocenters. The van der Waals surface area contributed by atoms with Crippen LogP contribution in [0.2, 0.25) is 0 Å². The molecule has 0 fully saturated rings. The van der Waals surface area contributed by atoms with Crippen molar-refractivity contribution >= 4 is 153 Å². The van der Waals surface area contributed by atoms with Crippen LogP contribution in [-0.4, -0.2) is 0 Å². The van der Waals surface area contributed by atoms with Gasteiger partial charge in [0.2, 0.25) is 0 Å². The molecule has 4 nitrogen and oxygen atoms in total. The normalized spacial score (nSPS) is 12.3. The molecule has 4 N–H and O–H groups in total. The Bertz CT molecular complexity index is 7610. The molecule has 22 aromatic carbocycles. The Morgan fingerprint density at radius 1 is 0.167 bits per heavy atom. The Morgan fingerprint density at radius 2 is 0.437 bits per heavy atom. The summed E-state index contributed by atoms with van der Waals surface area (Å²) in [6.45, 7) is 17.8. The standard InChI is InChI=1S/C35H27N.C33H27N.C29H25N.C25H23N/c1-22-10-16-27(17-11-22)36-33-21-20-28(30-8-3-4-9-31(30)33)23(2)29-18-14-26-13-12-24-6-5-7-25-15-19-32(29)35(26)34(24)25;1-22-15-17-26(18-16-22)34-32-20-19-27(30-13-7-8-14-31(30)32)23(2)33-28-11-5-3-9-24(28)21-25-10-4-6-12-29(25)33;1-20-14-16-23(17-15-20)30-29-19-18-25(27-11-5-6-12-28(27)29)21(2)24-13-7-9-22-8-3-4-10-26(22)24;1-18-12-14-21(15-13-18)26-25-17-16-22(23-10-6-7-11-24(23)25)19(2)20-8-4-3-5-9-20/h3-21,23,36H,1-2H3;3-21,23,34H,1-2H3;3-19,21,30H,1-2H3;3-17,19,26H,1-2H3. The van der Waals surface area contributed by atoms with Crippen molar-refractivity contribution in [2.75, 3.05) is 21.3 Å². The van der Waals surface area contributed by atoms with Crippen LogP contribution < -0.4 is 21.3 Å². The Labute approximate surface area is 739 Å². The minimum Gasteiger partial charge on any atom is -0.355 e. The van der Waals surface area contributed by atoms with Crippen molar-refractivity contribution in [3.8, 4) is 0 Å². The van der Waals surface area contributed by atoms with E-state index in [0.29, 0.717) is 11.8 Å². The van der Waals surface area contributed by atoms with E-state index in [0.717, 1.165) is 45.5 Å². The van der Waals surface area contributed by atoms with Crippen LogP contribution in [0.1, 0.15) is 118 Å². The van der Waals surface area contributed by atoms with E-state index >= 15 is 0 Å². The first kappa shape index (κ1) is 80.6. The maximum atomic E-state index is 3.64. The highest BCUT2D eigenvalue weighted by Crippen LogP contribution is 2.46. The van der Waals surface area contributed by atoms with Gasteiger partial charge in [-0.2, -0.15) is 0 Å². The number of rotatable bonds is 16. The summed E-state index contributed by atoms with van der Waals surface area (Å²) in [6, 6.07) is 153. The van der Waals surface area contributed by atoms with Crippen LogP contribution in [0, 0.1) is 27.7 Å². The zero-order chi connectivity index (χ0) is 85.7. The second-order valence-electron chi connectivity index (χ2n) is 34.1. The highest BCUT2D eigenvalue weighted by Gasteiger charge is 2.23. The molecule has 4 heteroatoms. The third-order valence-corrected chi connectivity index (χ3v) is 25.9. The largest absolute Gasteiger partial charge is 0.355 e. The number of fused-ring (bicyclic) bond motifs is 7. The molecule has 0 aliphatic heterocycles. The number of nitrogens with one attached hydrogen (secondary N) is 4. The molecule has 22 aromatic rings. The molecule has 0 aromatic heterocycles. The molecule has 22 rings (SSSR count). The van der Waals surface area contributed by atoms with Gasteiger partial charge in [0.15, 0.2) is 0 Å². The molecule has 0 aliphatic rings.